The van der Waals surface area contributed by atoms with Crippen LogP contribution in [0.4, 0.5) is 0 Å². The van der Waals surface area contributed by atoms with E-state index in [9.17, 15) is 14.4 Å². The van der Waals surface area contributed by atoms with Gasteiger partial charge in [-0.2, -0.15) is 0 Å². The number of hydrogen-bond acceptors (Lipinski definition) is 4. The first kappa shape index (κ1) is 15.7. The summed E-state index contributed by atoms with van der Waals surface area (Å²) in [6.07, 6.45) is 2.83. The predicted molar refractivity (Wildman–Crippen MR) is 70.2 cm³/mol. The topological polar surface area (TPSA) is 109 Å². The molecule has 0 radical (unpaired) electrons. The van der Waals surface area contributed by atoms with Gasteiger partial charge >= 0.3 is 5.97 Å². The number of rotatable bonds is 9. The summed E-state index contributed by atoms with van der Waals surface area (Å²) in [6, 6.07) is 3.15. The molecule has 0 aliphatic carbocycles. The van der Waals surface area contributed by atoms with Crippen molar-refractivity contribution >= 4 is 17.8 Å². The molecule has 0 bridgehead atoms. The zero-order valence-electron chi connectivity index (χ0n) is 11.1. The molecule has 1 rings (SSSR count). The van der Waals surface area contributed by atoms with Crippen LogP contribution in [0.1, 0.15) is 36.2 Å². The van der Waals surface area contributed by atoms with Crippen LogP contribution in [0.15, 0.2) is 22.8 Å². The molecule has 1 heterocycles. The molecule has 0 unspecified atom stereocenters. The number of furan rings is 1. The summed E-state index contributed by atoms with van der Waals surface area (Å²) < 4.78 is 4.90. The Kier molecular flexibility index (Phi) is 6.88. The van der Waals surface area contributed by atoms with E-state index in [-0.39, 0.29) is 37.0 Å². The highest BCUT2D eigenvalue weighted by atomic mass is 16.4. The number of carbonyl (C=O) groups excluding carboxylic acids is 2. The second-order valence-corrected chi connectivity index (χ2v) is 4.18. The van der Waals surface area contributed by atoms with Crippen molar-refractivity contribution < 1.29 is 23.9 Å². The summed E-state index contributed by atoms with van der Waals surface area (Å²) in [7, 11) is 0. The molecule has 2 amide bonds. The van der Waals surface area contributed by atoms with E-state index in [1.807, 2.05) is 0 Å². The van der Waals surface area contributed by atoms with Gasteiger partial charge in [0.05, 0.1) is 6.26 Å². The SMILES string of the molecule is O=C(O)CCCCNC(=O)CCNC(=O)c1ccco1. The number of carbonyl (C=O) groups is 3. The molecule has 110 valence electrons. The molecule has 0 fully saturated rings. The molecule has 1 aromatic heterocycles. The molecule has 0 saturated heterocycles. The number of amides is 2. The third-order valence-corrected chi connectivity index (χ3v) is 2.52. The van der Waals surface area contributed by atoms with E-state index in [0.29, 0.717) is 19.4 Å². The minimum Gasteiger partial charge on any atom is -0.481 e. The molecule has 0 atom stereocenters. The van der Waals surface area contributed by atoms with Gasteiger partial charge in [0, 0.05) is 25.9 Å². The zero-order chi connectivity index (χ0) is 14.8. The van der Waals surface area contributed by atoms with Gasteiger partial charge < -0.3 is 20.2 Å². The zero-order valence-corrected chi connectivity index (χ0v) is 11.1. The number of aliphatic carboxylic acids is 1. The molecule has 20 heavy (non-hydrogen) atoms. The Hall–Kier alpha value is -2.31. The van der Waals surface area contributed by atoms with Gasteiger partial charge in [-0.25, -0.2) is 0 Å². The van der Waals surface area contributed by atoms with Crippen molar-refractivity contribution in [3.8, 4) is 0 Å². The molecule has 0 aliphatic rings. The van der Waals surface area contributed by atoms with Crippen molar-refractivity contribution in [2.24, 2.45) is 0 Å². The Morgan fingerprint density at radius 1 is 1.10 bits per heavy atom. The molecule has 0 saturated carbocycles. The fraction of sp³-hybridized carbons (Fsp3) is 0.462. The van der Waals surface area contributed by atoms with E-state index >= 15 is 0 Å². The van der Waals surface area contributed by atoms with Crippen LogP contribution in [0, 0.1) is 0 Å². The molecule has 0 spiro atoms. The van der Waals surface area contributed by atoms with Crippen LogP contribution >= 0.6 is 0 Å². The van der Waals surface area contributed by atoms with Gasteiger partial charge in [0.25, 0.3) is 5.91 Å². The summed E-state index contributed by atoms with van der Waals surface area (Å²) in [5.74, 6) is -1.17. The molecule has 1 aromatic rings. The quantitative estimate of drug-likeness (QED) is 0.580. The minimum atomic E-state index is -0.836. The van der Waals surface area contributed by atoms with Crippen molar-refractivity contribution in [1.29, 1.82) is 0 Å². The van der Waals surface area contributed by atoms with Crippen LogP contribution in [-0.2, 0) is 9.59 Å². The van der Waals surface area contributed by atoms with Crippen LogP contribution in [0.3, 0.4) is 0 Å². The Morgan fingerprint density at radius 2 is 1.90 bits per heavy atom. The summed E-state index contributed by atoms with van der Waals surface area (Å²) >= 11 is 0. The van der Waals surface area contributed by atoms with Gasteiger partial charge in [-0.15, -0.1) is 0 Å². The summed E-state index contributed by atoms with van der Waals surface area (Å²) in [5.41, 5.74) is 0. The number of unbranched alkanes of at least 4 members (excludes halogenated alkanes) is 1. The van der Waals surface area contributed by atoms with Crippen LogP contribution < -0.4 is 10.6 Å². The first-order valence-electron chi connectivity index (χ1n) is 6.40. The Balaban J connectivity index is 2.03. The standard InChI is InChI=1S/C13H18N2O5/c16-11(14-7-2-1-5-12(17)18)6-8-15-13(19)10-4-3-9-20-10/h3-4,9H,1-2,5-8H2,(H,14,16)(H,15,19)(H,17,18). The number of nitrogens with one attached hydrogen (secondary N) is 2. The van der Waals surface area contributed by atoms with Gasteiger partial charge in [0.15, 0.2) is 5.76 Å². The number of hydrogen-bond donors (Lipinski definition) is 3. The molecule has 7 heteroatoms. The maximum atomic E-state index is 11.5. The van der Waals surface area contributed by atoms with E-state index in [4.69, 9.17) is 9.52 Å². The number of carboxylic acid groups (broad SMARTS) is 1. The maximum absolute atomic E-state index is 11.5. The van der Waals surface area contributed by atoms with Crippen LogP contribution in [0.5, 0.6) is 0 Å². The number of carboxylic acids is 1. The van der Waals surface area contributed by atoms with Gasteiger partial charge in [0.1, 0.15) is 0 Å². The molecule has 3 N–H and O–H groups in total. The Morgan fingerprint density at radius 3 is 2.55 bits per heavy atom. The minimum absolute atomic E-state index is 0.106. The fourth-order valence-electron chi connectivity index (χ4n) is 1.50. The van der Waals surface area contributed by atoms with E-state index in [0.717, 1.165) is 0 Å². The third kappa shape index (κ3) is 6.58. The van der Waals surface area contributed by atoms with E-state index in [1.54, 1.807) is 6.07 Å². The van der Waals surface area contributed by atoms with Gasteiger partial charge in [-0.3, -0.25) is 14.4 Å². The lowest BCUT2D eigenvalue weighted by molar-refractivity contribution is -0.137. The summed E-state index contributed by atoms with van der Waals surface area (Å²) in [4.78, 5) is 33.1. The summed E-state index contributed by atoms with van der Waals surface area (Å²) in [6.45, 7) is 0.665. The average Bonchev–Trinajstić information content (AvgIpc) is 2.91. The highest BCUT2D eigenvalue weighted by molar-refractivity contribution is 5.91. The maximum Gasteiger partial charge on any atom is 0.303 e. The van der Waals surface area contributed by atoms with Crippen molar-refractivity contribution in [3.63, 3.8) is 0 Å². The summed E-state index contributed by atoms with van der Waals surface area (Å²) in [5, 5.41) is 13.7. The first-order valence-corrected chi connectivity index (χ1v) is 6.40. The van der Waals surface area contributed by atoms with Gasteiger partial charge in [-0.1, -0.05) is 0 Å². The van der Waals surface area contributed by atoms with Crippen LogP contribution in [0.2, 0.25) is 0 Å². The highest BCUT2D eigenvalue weighted by Gasteiger charge is 2.08. The monoisotopic (exact) mass is 282 g/mol. The van der Waals surface area contributed by atoms with Gasteiger partial charge in [-0.05, 0) is 25.0 Å². The van der Waals surface area contributed by atoms with Crippen LogP contribution in [0.25, 0.3) is 0 Å². The fourth-order valence-corrected chi connectivity index (χ4v) is 1.50. The normalized spacial score (nSPS) is 10.0. The lowest BCUT2D eigenvalue weighted by atomic mass is 10.2. The smallest absolute Gasteiger partial charge is 0.303 e. The van der Waals surface area contributed by atoms with Crippen molar-refractivity contribution in [2.45, 2.75) is 25.7 Å². The molecular weight excluding hydrogens is 264 g/mol. The van der Waals surface area contributed by atoms with Crippen molar-refractivity contribution in [3.05, 3.63) is 24.2 Å². The second-order valence-electron chi connectivity index (χ2n) is 4.18. The third-order valence-electron chi connectivity index (χ3n) is 2.52. The lowest BCUT2D eigenvalue weighted by Crippen LogP contribution is -2.31. The first-order chi connectivity index (χ1) is 9.59. The van der Waals surface area contributed by atoms with Crippen molar-refractivity contribution in [1.82, 2.24) is 10.6 Å². The van der Waals surface area contributed by atoms with Crippen molar-refractivity contribution in [2.75, 3.05) is 13.1 Å². The molecular formula is C13H18N2O5. The molecule has 0 aromatic carbocycles. The Labute approximate surface area is 116 Å². The van der Waals surface area contributed by atoms with Gasteiger partial charge in [0.2, 0.25) is 5.91 Å². The molecule has 0 aliphatic heterocycles. The highest BCUT2D eigenvalue weighted by Crippen LogP contribution is 1.98. The Bertz CT molecular complexity index is 442. The van der Waals surface area contributed by atoms with E-state index in [1.165, 1.54) is 12.3 Å². The molecule has 7 nitrogen and oxygen atoms in total. The predicted octanol–water partition coefficient (Wildman–Crippen LogP) is 0.771. The largest absolute Gasteiger partial charge is 0.481 e. The lowest BCUT2D eigenvalue weighted by Gasteiger charge is -2.05. The van der Waals surface area contributed by atoms with E-state index < -0.39 is 5.97 Å². The van der Waals surface area contributed by atoms with Crippen LogP contribution in [-0.4, -0.2) is 36.0 Å². The average molecular weight is 282 g/mol. The second kappa shape index (κ2) is 8.73. The van der Waals surface area contributed by atoms with E-state index in [2.05, 4.69) is 10.6 Å².